The van der Waals surface area contributed by atoms with Gasteiger partial charge in [0.05, 0.1) is 18.2 Å². The van der Waals surface area contributed by atoms with Crippen LogP contribution in [-0.4, -0.2) is 24.7 Å². The van der Waals surface area contributed by atoms with Gasteiger partial charge in [-0.2, -0.15) is 0 Å². The van der Waals surface area contributed by atoms with Crippen molar-refractivity contribution in [3.05, 3.63) is 41.6 Å². The Morgan fingerprint density at radius 2 is 2.05 bits per heavy atom. The summed E-state index contributed by atoms with van der Waals surface area (Å²) in [5.74, 6) is 0. The second kappa shape index (κ2) is 6.64. The first-order chi connectivity index (χ1) is 9.24. The third kappa shape index (κ3) is 3.52. The molecule has 0 aliphatic rings. The summed E-state index contributed by atoms with van der Waals surface area (Å²) < 4.78 is 5.56. The maximum absolute atomic E-state index is 5.56. The zero-order valence-electron chi connectivity index (χ0n) is 11.9. The number of nitrogens with one attached hydrogen (secondary N) is 1. The molecule has 1 unspecified atom stereocenters. The van der Waals surface area contributed by atoms with E-state index >= 15 is 0 Å². The van der Waals surface area contributed by atoms with E-state index in [0.717, 1.165) is 24.4 Å². The fourth-order valence-electron chi connectivity index (χ4n) is 2.22. The van der Waals surface area contributed by atoms with E-state index in [0.29, 0.717) is 6.61 Å². The molecule has 3 heteroatoms. The van der Waals surface area contributed by atoms with Gasteiger partial charge in [-0.15, -0.1) is 0 Å². The largest absolute Gasteiger partial charge is 0.380 e. The van der Waals surface area contributed by atoms with Crippen LogP contribution >= 0.6 is 0 Å². The van der Waals surface area contributed by atoms with Crippen LogP contribution in [0.3, 0.4) is 0 Å². The highest BCUT2D eigenvalue weighted by Gasteiger charge is 2.11. The van der Waals surface area contributed by atoms with Crippen LogP contribution in [-0.2, 0) is 4.74 Å². The molecule has 2 aromatic rings. The number of aryl methyl sites for hydroxylation is 1. The third-order valence-electron chi connectivity index (χ3n) is 3.19. The lowest BCUT2D eigenvalue weighted by Crippen LogP contribution is -2.25. The molecule has 0 fully saturated rings. The highest BCUT2D eigenvalue weighted by molar-refractivity contribution is 5.79. The fourth-order valence-corrected chi connectivity index (χ4v) is 2.22. The Morgan fingerprint density at radius 3 is 2.79 bits per heavy atom. The van der Waals surface area contributed by atoms with Gasteiger partial charge in [-0.1, -0.05) is 19.1 Å². The van der Waals surface area contributed by atoms with E-state index in [1.165, 1.54) is 10.9 Å². The third-order valence-corrected chi connectivity index (χ3v) is 3.19. The number of hydrogen-bond acceptors (Lipinski definition) is 3. The molecule has 2 rings (SSSR count). The second-order valence-corrected chi connectivity index (χ2v) is 4.67. The van der Waals surface area contributed by atoms with Gasteiger partial charge in [0.15, 0.2) is 0 Å². The summed E-state index contributed by atoms with van der Waals surface area (Å²) in [7, 11) is 0. The SMILES string of the molecule is CCNC(COCC)c1ccc2nc(C)ccc2c1. The lowest BCUT2D eigenvalue weighted by Gasteiger charge is -2.18. The molecule has 102 valence electrons. The van der Waals surface area contributed by atoms with Crippen molar-refractivity contribution in [1.29, 1.82) is 0 Å². The van der Waals surface area contributed by atoms with Gasteiger partial charge in [0, 0.05) is 17.7 Å². The van der Waals surface area contributed by atoms with E-state index in [-0.39, 0.29) is 6.04 Å². The number of hydrogen-bond donors (Lipinski definition) is 1. The number of fused-ring (bicyclic) bond motifs is 1. The highest BCUT2D eigenvalue weighted by atomic mass is 16.5. The smallest absolute Gasteiger partial charge is 0.0705 e. The number of nitrogens with zero attached hydrogens (tertiary/aromatic N) is 1. The van der Waals surface area contributed by atoms with Crippen LogP contribution in [0.2, 0.25) is 0 Å². The molecule has 1 N–H and O–H groups in total. The topological polar surface area (TPSA) is 34.1 Å². The van der Waals surface area contributed by atoms with Crippen LogP contribution < -0.4 is 5.32 Å². The molecule has 0 aliphatic carbocycles. The van der Waals surface area contributed by atoms with Crippen molar-refractivity contribution in [2.24, 2.45) is 0 Å². The van der Waals surface area contributed by atoms with Crippen molar-refractivity contribution in [1.82, 2.24) is 10.3 Å². The van der Waals surface area contributed by atoms with E-state index < -0.39 is 0 Å². The van der Waals surface area contributed by atoms with Crippen molar-refractivity contribution in [3.63, 3.8) is 0 Å². The summed E-state index contributed by atoms with van der Waals surface area (Å²) in [4.78, 5) is 4.53. The van der Waals surface area contributed by atoms with E-state index in [2.05, 4.69) is 47.6 Å². The first-order valence-electron chi connectivity index (χ1n) is 6.93. The van der Waals surface area contributed by atoms with Gasteiger partial charge in [0.2, 0.25) is 0 Å². The predicted molar refractivity (Wildman–Crippen MR) is 79.4 cm³/mol. The number of ether oxygens (including phenoxy) is 1. The van der Waals surface area contributed by atoms with Gasteiger partial charge in [-0.05, 0) is 44.2 Å². The Labute approximate surface area is 115 Å². The molecule has 1 aromatic heterocycles. The van der Waals surface area contributed by atoms with Crippen LogP contribution in [0.5, 0.6) is 0 Å². The summed E-state index contributed by atoms with van der Waals surface area (Å²) in [6.45, 7) is 8.54. The molecule has 0 radical (unpaired) electrons. The quantitative estimate of drug-likeness (QED) is 0.863. The average molecular weight is 258 g/mol. The minimum Gasteiger partial charge on any atom is -0.380 e. The van der Waals surface area contributed by atoms with Gasteiger partial charge in [-0.3, -0.25) is 4.98 Å². The standard InChI is InChI=1S/C16H22N2O/c1-4-17-16(11-19-5-2)14-8-9-15-13(10-14)7-6-12(3)18-15/h6-10,16-17H,4-5,11H2,1-3H3. The lowest BCUT2D eigenvalue weighted by atomic mass is 10.0. The molecule has 3 nitrogen and oxygen atoms in total. The van der Waals surface area contributed by atoms with Crippen molar-refractivity contribution in [2.45, 2.75) is 26.8 Å². The van der Waals surface area contributed by atoms with Crippen molar-refractivity contribution in [3.8, 4) is 0 Å². The molecule has 0 saturated carbocycles. The number of benzene rings is 1. The zero-order chi connectivity index (χ0) is 13.7. The molecule has 1 aromatic carbocycles. The summed E-state index contributed by atoms with van der Waals surface area (Å²) in [6, 6.07) is 10.9. The molecule has 0 spiro atoms. The lowest BCUT2D eigenvalue weighted by molar-refractivity contribution is 0.123. The van der Waals surface area contributed by atoms with Gasteiger partial charge in [-0.25, -0.2) is 0 Å². The van der Waals surface area contributed by atoms with Crippen molar-refractivity contribution >= 4 is 10.9 Å². The molecule has 1 atom stereocenters. The highest BCUT2D eigenvalue weighted by Crippen LogP contribution is 2.20. The summed E-state index contributed by atoms with van der Waals surface area (Å²) in [5, 5.41) is 4.65. The Hall–Kier alpha value is -1.45. The Kier molecular flexibility index (Phi) is 4.88. The Bertz CT molecular complexity index is 539. The minimum atomic E-state index is 0.246. The monoisotopic (exact) mass is 258 g/mol. The summed E-state index contributed by atoms with van der Waals surface area (Å²) >= 11 is 0. The molecule has 0 aliphatic heterocycles. The number of likely N-dealkylation sites (N-methyl/N-ethyl adjacent to an activating group) is 1. The van der Waals surface area contributed by atoms with E-state index in [1.54, 1.807) is 0 Å². The van der Waals surface area contributed by atoms with Crippen LogP contribution in [0.25, 0.3) is 10.9 Å². The summed E-state index contributed by atoms with van der Waals surface area (Å²) in [6.07, 6.45) is 0. The molecule has 0 bridgehead atoms. The normalized spacial score (nSPS) is 12.8. The average Bonchev–Trinajstić information content (AvgIpc) is 2.43. The van der Waals surface area contributed by atoms with Crippen molar-refractivity contribution < 1.29 is 4.74 Å². The van der Waals surface area contributed by atoms with Crippen molar-refractivity contribution in [2.75, 3.05) is 19.8 Å². The fraction of sp³-hybridized carbons (Fsp3) is 0.438. The van der Waals surface area contributed by atoms with Gasteiger partial charge >= 0.3 is 0 Å². The second-order valence-electron chi connectivity index (χ2n) is 4.67. The predicted octanol–water partition coefficient (Wildman–Crippen LogP) is 3.23. The zero-order valence-corrected chi connectivity index (χ0v) is 11.9. The first kappa shape index (κ1) is 14.0. The van der Waals surface area contributed by atoms with Gasteiger partial charge in [0.1, 0.15) is 0 Å². The van der Waals surface area contributed by atoms with E-state index in [1.807, 2.05) is 13.8 Å². The minimum absolute atomic E-state index is 0.246. The maximum Gasteiger partial charge on any atom is 0.0705 e. The molecular weight excluding hydrogens is 236 g/mol. The van der Waals surface area contributed by atoms with Crippen LogP contribution in [0, 0.1) is 6.92 Å². The molecule has 19 heavy (non-hydrogen) atoms. The van der Waals surface area contributed by atoms with Crippen LogP contribution in [0.15, 0.2) is 30.3 Å². The number of rotatable bonds is 6. The first-order valence-corrected chi connectivity index (χ1v) is 6.93. The Morgan fingerprint density at radius 1 is 1.21 bits per heavy atom. The van der Waals surface area contributed by atoms with Crippen LogP contribution in [0.4, 0.5) is 0 Å². The molecule has 0 amide bonds. The Balaban J connectivity index is 2.29. The van der Waals surface area contributed by atoms with Crippen LogP contribution in [0.1, 0.15) is 31.1 Å². The van der Waals surface area contributed by atoms with Gasteiger partial charge < -0.3 is 10.1 Å². The van der Waals surface area contributed by atoms with E-state index in [4.69, 9.17) is 4.74 Å². The van der Waals surface area contributed by atoms with E-state index in [9.17, 15) is 0 Å². The number of aromatic nitrogens is 1. The van der Waals surface area contributed by atoms with Gasteiger partial charge in [0.25, 0.3) is 0 Å². The molecule has 0 saturated heterocycles. The molecular formula is C16H22N2O. The number of pyridine rings is 1. The summed E-state index contributed by atoms with van der Waals surface area (Å²) in [5.41, 5.74) is 3.36. The maximum atomic E-state index is 5.56. The molecule has 1 heterocycles.